The van der Waals surface area contributed by atoms with E-state index in [4.69, 9.17) is 0 Å². The molecule has 102 valence electrons. The lowest BCUT2D eigenvalue weighted by Gasteiger charge is -2.03. The Morgan fingerprint density at radius 3 is 2.58 bits per heavy atom. The van der Waals surface area contributed by atoms with E-state index in [0.717, 1.165) is 6.07 Å². The van der Waals surface area contributed by atoms with Crippen LogP contribution in [-0.2, 0) is 0 Å². The van der Waals surface area contributed by atoms with Crippen LogP contribution in [-0.4, -0.2) is 27.6 Å². The number of nitrogens with one attached hydrogen (secondary N) is 1. The maximum absolute atomic E-state index is 10.8. The van der Waals surface area contributed by atoms with Gasteiger partial charge in [0.25, 0.3) is 5.69 Å². The lowest BCUT2D eigenvalue weighted by molar-refractivity contribution is -0.393. The van der Waals surface area contributed by atoms with E-state index in [1.807, 2.05) is 13.2 Å². The summed E-state index contributed by atoms with van der Waals surface area (Å²) < 4.78 is 0. The van der Waals surface area contributed by atoms with Crippen LogP contribution in [0.25, 0.3) is 0 Å². The number of nitro benzene ring substituents is 2. The lowest BCUT2D eigenvalue weighted by atomic mass is 10.2. The van der Waals surface area contributed by atoms with Crippen LogP contribution in [0.5, 0.6) is 0 Å². The number of anilines is 1. The molecule has 0 saturated carbocycles. The van der Waals surface area contributed by atoms with Crippen molar-refractivity contribution in [2.45, 2.75) is 12.2 Å². The SMILES string of the molecule is CS[C@@H](C)/C=N/Nc1ccc([N+](=O)[O-])cc1[N+](=O)[O-]. The molecule has 1 rings (SSSR count). The van der Waals surface area contributed by atoms with Gasteiger partial charge in [-0.25, -0.2) is 0 Å². The quantitative estimate of drug-likeness (QED) is 0.488. The molecule has 1 atom stereocenters. The fourth-order valence-electron chi connectivity index (χ4n) is 1.15. The van der Waals surface area contributed by atoms with Gasteiger partial charge >= 0.3 is 5.69 Å². The minimum absolute atomic E-state index is 0.111. The maximum Gasteiger partial charge on any atom is 0.301 e. The molecule has 1 aromatic rings. The molecule has 9 heteroatoms. The molecule has 0 aliphatic heterocycles. The summed E-state index contributed by atoms with van der Waals surface area (Å²) in [6.07, 6.45) is 3.50. The van der Waals surface area contributed by atoms with Crippen LogP contribution >= 0.6 is 11.8 Å². The first-order chi connectivity index (χ1) is 8.95. The van der Waals surface area contributed by atoms with Gasteiger partial charge in [0, 0.05) is 17.5 Å². The fourth-order valence-corrected chi connectivity index (χ4v) is 1.33. The molecule has 19 heavy (non-hydrogen) atoms. The summed E-state index contributed by atoms with van der Waals surface area (Å²) in [5.74, 6) is 0. The Morgan fingerprint density at radius 2 is 2.05 bits per heavy atom. The molecule has 0 bridgehead atoms. The normalized spacial score (nSPS) is 12.3. The van der Waals surface area contributed by atoms with E-state index in [0.29, 0.717) is 0 Å². The monoisotopic (exact) mass is 284 g/mol. The Labute approximate surface area is 113 Å². The number of hydrogen-bond donors (Lipinski definition) is 1. The summed E-state index contributed by atoms with van der Waals surface area (Å²) in [6.45, 7) is 1.92. The van der Waals surface area contributed by atoms with Crippen molar-refractivity contribution in [3.63, 3.8) is 0 Å². The van der Waals surface area contributed by atoms with E-state index in [-0.39, 0.29) is 22.3 Å². The van der Waals surface area contributed by atoms with Gasteiger partial charge in [-0.3, -0.25) is 25.7 Å². The van der Waals surface area contributed by atoms with Crippen molar-refractivity contribution in [1.29, 1.82) is 0 Å². The standard InChI is InChI=1S/C10H12N4O4S/c1-7(19-2)6-11-12-9-4-3-8(13(15)16)5-10(9)14(17)18/h3-7,12H,1-2H3/b11-6+/t7-/m0/s1. The second-order valence-electron chi connectivity index (χ2n) is 3.55. The molecule has 0 fully saturated rings. The molecule has 0 heterocycles. The van der Waals surface area contributed by atoms with Gasteiger partial charge in [-0.1, -0.05) is 0 Å². The predicted molar refractivity (Wildman–Crippen MR) is 74.8 cm³/mol. The van der Waals surface area contributed by atoms with Gasteiger partial charge < -0.3 is 0 Å². The van der Waals surface area contributed by atoms with Crippen LogP contribution in [0.3, 0.4) is 0 Å². The van der Waals surface area contributed by atoms with Crippen LogP contribution in [0.2, 0.25) is 0 Å². The third-order valence-corrected chi connectivity index (χ3v) is 3.10. The number of benzene rings is 1. The second kappa shape index (κ2) is 6.69. The van der Waals surface area contributed by atoms with Crippen molar-refractivity contribution in [2.75, 3.05) is 11.7 Å². The van der Waals surface area contributed by atoms with Crippen molar-refractivity contribution >= 4 is 35.0 Å². The van der Waals surface area contributed by atoms with Crippen molar-refractivity contribution in [3.05, 3.63) is 38.4 Å². The van der Waals surface area contributed by atoms with Crippen LogP contribution < -0.4 is 5.43 Å². The number of hydrogen-bond acceptors (Lipinski definition) is 7. The van der Waals surface area contributed by atoms with Crippen molar-refractivity contribution in [3.8, 4) is 0 Å². The van der Waals surface area contributed by atoms with Crippen LogP contribution in [0.4, 0.5) is 17.1 Å². The Kier molecular flexibility index (Phi) is 5.24. The largest absolute Gasteiger partial charge is 0.301 e. The molecule has 0 unspecified atom stereocenters. The highest BCUT2D eigenvalue weighted by Crippen LogP contribution is 2.28. The highest BCUT2D eigenvalue weighted by atomic mass is 32.2. The predicted octanol–water partition coefficient (Wildman–Crippen LogP) is 2.65. The molecule has 1 N–H and O–H groups in total. The number of rotatable bonds is 6. The highest BCUT2D eigenvalue weighted by molar-refractivity contribution is 7.99. The molecule has 0 spiro atoms. The van der Waals surface area contributed by atoms with Crippen LogP contribution in [0.15, 0.2) is 23.3 Å². The van der Waals surface area contributed by atoms with Crippen LogP contribution in [0.1, 0.15) is 6.92 Å². The van der Waals surface area contributed by atoms with Crippen molar-refractivity contribution < 1.29 is 9.85 Å². The summed E-state index contributed by atoms with van der Waals surface area (Å²) in [5, 5.41) is 25.4. The number of hydrazone groups is 1. The molecule has 0 amide bonds. The molecule has 0 aromatic heterocycles. The average Bonchev–Trinajstić information content (AvgIpc) is 2.38. The summed E-state index contributed by atoms with van der Waals surface area (Å²) in [7, 11) is 0. The van der Waals surface area contributed by atoms with Gasteiger partial charge in [0.1, 0.15) is 5.69 Å². The van der Waals surface area contributed by atoms with Gasteiger partial charge in [-0.05, 0) is 19.2 Å². The van der Waals surface area contributed by atoms with Gasteiger partial charge in [-0.2, -0.15) is 16.9 Å². The third kappa shape index (κ3) is 4.21. The molecule has 0 aliphatic rings. The number of thioether (sulfide) groups is 1. The summed E-state index contributed by atoms with van der Waals surface area (Å²) in [5.41, 5.74) is 1.91. The van der Waals surface area contributed by atoms with Crippen molar-refractivity contribution in [1.82, 2.24) is 0 Å². The first-order valence-corrected chi connectivity index (χ1v) is 6.49. The molecule has 0 radical (unpaired) electrons. The minimum atomic E-state index is -0.692. The molecule has 0 aliphatic carbocycles. The van der Waals surface area contributed by atoms with Gasteiger partial charge in [-0.15, -0.1) is 0 Å². The fraction of sp³-hybridized carbons (Fsp3) is 0.300. The first kappa shape index (κ1) is 14.9. The van der Waals surface area contributed by atoms with E-state index in [1.165, 1.54) is 12.1 Å². The molecular weight excluding hydrogens is 272 g/mol. The van der Waals surface area contributed by atoms with Gasteiger partial charge in [0.15, 0.2) is 0 Å². The Balaban J connectivity index is 2.97. The molecular formula is C10H12N4O4S. The summed E-state index contributed by atoms with van der Waals surface area (Å²) >= 11 is 1.56. The van der Waals surface area contributed by atoms with E-state index >= 15 is 0 Å². The Morgan fingerprint density at radius 1 is 1.37 bits per heavy atom. The number of nitro groups is 2. The molecule has 0 saturated heterocycles. The first-order valence-electron chi connectivity index (χ1n) is 5.20. The summed E-state index contributed by atoms with van der Waals surface area (Å²) in [6, 6.07) is 3.34. The zero-order chi connectivity index (χ0) is 14.4. The molecule has 1 aromatic carbocycles. The minimum Gasteiger partial charge on any atom is -0.272 e. The smallest absolute Gasteiger partial charge is 0.272 e. The molecule has 8 nitrogen and oxygen atoms in total. The zero-order valence-electron chi connectivity index (χ0n) is 10.3. The van der Waals surface area contributed by atoms with E-state index < -0.39 is 9.85 Å². The summed E-state index contributed by atoms with van der Waals surface area (Å²) in [4.78, 5) is 20.0. The number of non-ortho nitro benzene ring substituents is 1. The maximum atomic E-state index is 10.8. The van der Waals surface area contributed by atoms with Gasteiger partial charge in [0.2, 0.25) is 0 Å². The average molecular weight is 284 g/mol. The van der Waals surface area contributed by atoms with Crippen LogP contribution in [0, 0.1) is 20.2 Å². The van der Waals surface area contributed by atoms with E-state index in [9.17, 15) is 20.2 Å². The van der Waals surface area contributed by atoms with Gasteiger partial charge in [0.05, 0.1) is 15.9 Å². The Hall–Kier alpha value is -2.16. The highest BCUT2D eigenvalue weighted by Gasteiger charge is 2.18. The Bertz CT molecular complexity index is 520. The topological polar surface area (TPSA) is 111 Å². The van der Waals surface area contributed by atoms with E-state index in [2.05, 4.69) is 10.5 Å². The number of nitrogens with zero attached hydrogens (tertiary/aromatic N) is 3. The van der Waals surface area contributed by atoms with Crippen molar-refractivity contribution in [2.24, 2.45) is 5.10 Å². The third-order valence-electron chi connectivity index (χ3n) is 2.23. The zero-order valence-corrected chi connectivity index (χ0v) is 11.1. The van der Waals surface area contributed by atoms with E-state index in [1.54, 1.807) is 18.0 Å². The lowest BCUT2D eigenvalue weighted by Crippen LogP contribution is -2.01. The second-order valence-corrected chi connectivity index (χ2v) is 4.76.